The number of esters is 2. The Bertz CT molecular complexity index is 1250. The highest BCUT2D eigenvalue weighted by Crippen LogP contribution is 2.36. The Kier molecular flexibility index (Phi) is 7.72. The molecule has 0 unspecified atom stereocenters. The van der Waals surface area contributed by atoms with Crippen LogP contribution in [0, 0.1) is 0 Å². The van der Waals surface area contributed by atoms with Crippen molar-refractivity contribution >= 4 is 28.7 Å². The van der Waals surface area contributed by atoms with Crippen LogP contribution in [0.5, 0.6) is 0 Å². The number of amides is 1. The van der Waals surface area contributed by atoms with Gasteiger partial charge in [-0.25, -0.2) is 9.59 Å². The summed E-state index contributed by atoms with van der Waals surface area (Å²) >= 11 is 0. The molecule has 0 saturated heterocycles. The first-order valence-electron chi connectivity index (χ1n) is 10.4. The van der Waals surface area contributed by atoms with Crippen LogP contribution in [0.3, 0.4) is 0 Å². The largest absolute Gasteiger partial charge is 0.491 e. The van der Waals surface area contributed by atoms with Gasteiger partial charge in [-0.2, -0.15) is 26.3 Å². The van der Waals surface area contributed by atoms with Crippen LogP contribution >= 0.6 is 0 Å². The lowest BCUT2D eigenvalue weighted by Gasteiger charge is -2.20. The Morgan fingerprint density at radius 2 is 1.61 bits per heavy atom. The highest BCUT2D eigenvalue weighted by molar-refractivity contribution is 5.95. The number of alkyl halides is 6. The normalized spacial score (nSPS) is 13.8. The maximum Gasteiger partial charge on any atom is 0.491 e. The monoisotopic (exact) mass is 515 g/mol. The number of halogens is 6. The molecule has 1 amide bonds. The van der Waals surface area contributed by atoms with Crippen LogP contribution in [0.25, 0.3) is 10.9 Å². The molecular weight excluding hydrogens is 496 g/mol. The fraction of sp³-hybridized carbons (Fsp3) is 0.261. The highest BCUT2D eigenvalue weighted by Gasteiger charge is 2.44. The third-order valence-corrected chi connectivity index (χ3v) is 5.18. The molecule has 0 bridgehead atoms. The minimum Gasteiger partial charge on any atom is -0.385 e. The van der Waals surface area contributed by atoms with Gasteiger partial charge in [0.15, 0.2) is 0 Å². The Hall–Kier alpha value is -3.87. The number of ether oxygens (including phenoxy) is 1. The van der Waals surface area contributed by atoms with Crippen molar-refractivity contribution in [2.75, 3.05) is 0 Å². The minimum atomic E-state index is -5.52. The SMILES string of the molecule is N[C@@H](Cc1ccccc1)C(=O)N[C@@H](Cc1c[nH]c2cccc(C(F)(F)F)c12)C(=O)OC(=O)C(F)(F)F. The van der Waals surface area contributed by atoms with E-state index in [0.717, 1.165) is 18.3 Å². The van der Waals surface area contributed by atoms with Crippen molar-refractivity contribution in [3.05, 3.63) is 71.4 Å². The summed E-state index contributed by atoms with van der Waals surface area (Å²) in [6, 6.07) is 8.42. The fourth-order valence-corrected chi connectivity index (χ4v) is 3.53. The van der Waals surface area contributed by atoms with Crippen LogP contribution in [-0.2, 0) is 38.1 Å². The van der Waals surface area contributed by atoms with Gasteiger partial charge in [0.1, 0.15) is 6.04 Å². The van der Waals surface area contributed by atoms with Gasteiger partial charge in [-0.1, -0.05) is 36.4 Å². The van der Waals surface area contributed by atoms with Crippen LogP contribution < -0.4 is 11.1 Å². The summed E-state index contributed by atoms with van der Waals surface area (Å²) in [5, 5.41) is 1.75. The van der Waals surface area contributed by atoms with Crippen LogP contribution in [0.1, 0.15) is 16.7 Å². The molecule has 0 aliphatic rings. The standard InChI is InChI=1S/C23H19F6N3O4/c24-22(25,26)14-7-4-8-16-18(14)13(11-31-16)10-17(20(34)36-21(35)23(27,28)29)32-19(33)15(30)9-12-5-2-1-3-6-12/h1-8,11,15,17,31H,9-10,30H2,(H,32,33)/t15-,17-/m0/s1. The third kappa shape index (κ3) is 6.42. The Morgan fingerprint density at radius 1 is 0.944 bits per heavy atom. The molecule has 2 aromatic carbocycles. The van der Waals surface area contributed by atoms with E-state index in [1.54, 1.807) is 30.3 Å². The summed E-state index contributed by atoms with van der Waals surface area (Å²) in [6.45, 7) is 0. The van der Waals surface area contributed by atoms with Gasteiger partial charge in [0, 0.05) is 23.5 Å². The molecule has 13 heteroatoms. The number of hydrogen-bond acceptors (Lipinski definition) is 5. The van der Waals surface area contributed by atoms with Gasteiger partial charge in [-0.3, -0.25) is 4.79 Å². The predicted molar refractivity (Wildman–Crippen MR) is 114 cm³/mol. The Morgan fingerprint density at radius 3 is 2.22 bits per heavy atom. The molecule has 1 aromatic heterocycles. The fourth-order valence-electron chi connectivity index (χ4n) is 3.53. The summed E-state index contributed by atoms with van der Waals surface area (Å²) in [5.74, 6) is -5.64. The molecule has 192 valence electrons. The van der Waals surface area contributed by atoms with Gasteiger partial charge in [0.25, 0.3) is 0 Å². The number of carbonyl (C=O) groups is 3. The van der Waals surface area contributed by atoms with Gasteiger partial charge >= 0.3 is 24.3 Å². The van der Waals surface area contributed by atoms with E-state index >= 15 is 0 Å². The first-order valence-corrected chi connectivity index (χ1v) is 10.4. The third-order valence-electron chi connectivity index (χ3n) is 5.18. The van der Waals surface area contributed by atoms with E-state index in [1.807, 2.05) is 0 Å². The average molecular weight is 515 g/mol. The molecule has 0 spiro atoms. The molecule has 0 radical (unpaired) electrons. The molecule has 4 N–H and O–H groups in total. The number of nitrogens with two attached hydrogens (primary N) is 1. The average Bonchev–Trinajstić information content (AvgIpc) is 3.20. The van der Waals surface area contributed by atoms with Gasteiger partial charge in [0.2, 0.25) is 5.91 Å². The van der Waals surface area contributed by atoms with E-state index in [-0.39, 0.29) is 22.9 Å². The van der Waals surface area contributed by atoms with E-state index in [9.17, 15) is 40.7 Å². The Labute approximate surface area is 199 Å². The van der Waals surface area contributed by atoms with Crippen molar-refractivity contribution < 1.29 is 45.5 Å². The lowest BCUT2D eigenvalue weighted by atomic mass is 10.00. The molecule has 0 fully saturated rings. The second-order valence-electron chi connectivity index (χ2n) is 7.81. The van der Waals surface area contributed by atoms with Crippen molar-refractivity contribution in [1.82, 2.24) is 10.3 Å². The van der Waals surface area contributed by atoms with Gasteiger partial charge in [-0.05, 0) is 29.7 Å². The number of carbonyl (C=O) groups excluding carboxylic acids is 3. The number of H-pyrrole nitrogens is 1. The first kappa shape index (κ1) is 26.7. The van der Waals surface area contributed by atoms with E-state index in [1.165, 1.54) is 6.07 Å². The van der Waals surface area contributed by atoms with Crippen LogP contribution in [-0.4, -0.2) is 41.1 Å². The summed E-state index contributed by atoms with van der Waals surface area (Å²) in [5.41, 5.74) is 5.29. The molecule has 0 aliphatic carbocycles. The van der Waals surface area contributed by atoms with Crippen LogP contribution in [0.4, 0.5) is 26.3 Å². The molecule has 0 saturated carbocycles. The molecule has 3 aromatic rings. The van der Waals surface area contributed by atoms with Crippen molar-refractivity contribution in [2.24, 2.45) is 5.73 Å². The van der Waals surface area contributed by atoms with Gasteiger partial charge < -0.3 is 20.8 Å². The summed E-state index contributed by atoms with van der Waals surface area (Å²) in [4.78, 5) is 38.8. The number of hydrogen-bond donors (Lipinski definition) is 3. The lowest BCUT2D eigenvalue weighted by molar-refractivity contribution is -0.202. The smallest absolute Gasteiger partial charge is 0.385 e. The van der Waals surface area contributed by atoms with Gasteiger partial charge in [-0.15, -0.1) is 0 Å². The zero-order valence-electron chi connectivity index (χ0n) is 18.2. The number of aromatic amines is 1. The van der Waals surface area contributed by atoms with E-state index in [2.05, 4.69) is 15.0 Å². The van der Waals surface area contributed by atoms with Crippen molar-refractivity contribution in [3.8, 4) is 0 Å². The quantitative estimate of drug-likeness (QED) is 0.254. The zero-order valence-corrected chi connectivity index (χ0v) is 18.2. The number of benzene rings is 2. The van der Waals surface area contributed by atoms with Crippen LogP contribution in [0.2, 0.25) is 0 Å². The molecule has 3 rings (SSSR count). The first-order chi connectivity index (χ1) is 16.8. The Balaban J connectivity index is 1.90. The molecule has 1 heterocycles. The number of fused-ring (bicyclic) bond motifs is 1. The minimum absolute atomic E-state index is 0.0127. The maximum absolute atomic E-state index is 13.5. The number of rotatable bonds is 7. The number of nitrogens with one attached hydrogen (secondary N) is 2. The zero-order chi connectivity index (χ0) is 26.7. The van der Waals surface area contributed by atoms with E-state index < -0.39 is 54.3 Å². The summed E-state index contributed by atoms with van der Waals surface area (Å²) < 4.78 is 82.3. The summed E-state index contributed by atoms with van der Waals surface area (Å²) in [7, 11) is 0. The summed E-state index contributed by atoms with van der Waals surface area (Å²) in [6.07, 6.45) is -9.93. The molecule has 2 atom stereocenters. The number of aromatic nitrogens is 1. The van der Waals surface area contributed by atoms with E-state index in [0.29, 0.717) is 5.56 Å². The molecular formula is C23H19F6N3O4. The molecule has 0 aliphatic heterocycles. The van der Waals surface area contributed by atoms with Gasteiger partial charge in [0.05, 0.1) is 11.6 Å². The second kappa shape index (κ2) is 10.4. The molecule has 7 nitrogen and oxygen atoms in total. The maximum atomic E-state index is 13.5. The molecule has 36 heavy (non-hydrogen) atoms. The topological polar surface area (TPSA) is 114 Å². The van der Waals surface area contributed by atoms with Crippen molar-refractivity contribution in [2.45, 2.75) is 37.3 Å². The lowest BCUT2D eigenvalue weighted by Crippen LogP contribution is -2.51. The second-order valence-corrected chi connectivity index (χ2v) is 7.81. The van der Waals surface area contributed by atoms with Crippen molar-refractivity contribution in [1.29, 1.82) is 0 Å². The highest BCUT2D eigenvalue weighted by atomic mass is 19.4. The van der Waals surface area contributed by atoms with E-state index in [4.69, 9.17) is 5.73 Å². The van der Waals surface area contributed by atoms with Crippen molar-refractivity contribution in [3.63, 3.8) is 0 Å². The van der Waals surface area contributed by atoms with Crippen LogP contribution in [0.15, 0.2) is 54.7 Å². The predicted octanol–water partition coefficient (Wildman–Crippen LogP) is 3.42.